The smallest absolute Gasteiger partial charge is 0.255 e. The number of benzene rings is 2. The largest absolute Gasteiger partial charge is 0.486 e. The number of amides is 1. The van der Waals surface area contributed by atoms with Crippen LogP contribution in [0.2, 0.25) is 0 Å². The molecule has 0 spiro atoms. The molecule has 2 aromatic carbocycles. The number of hydrogen-bond donors (Lipinski definition) is 2. The van der Waals surface area contributed by atoms with Crippen LogP contribution in [0, 0.1) is 5.82 Å². The van der Waals surface area contributed by atoms with Gasteiger partial charge >= 0.3 is 0 Å². The Morgan fingerprint density at radius 2 is 1.88 bits per heavy atom. The van der Waals surface area contributed by atoms with Crippen molar-refractivity contribution in [1.82, 2.24) is 15.5 Å². The monoisotopic (exact) mass is 353 g/mol. The number of carbonyl (C=O) groups is 1. The Bertz CT molecular complexity index is 937. The summed E-state index contributed by atoms with van der Waals surface area (Å²) < 4.78 is 24.1. The predicted octanol–water partition coefficient (Wildman–Crippen LogP) is 2.92. The molecule has 2 heterocycles. The molecule has 1 aromatic heterocycles. The number of carbonyl (C=O) groups excluding carboxylic acids is 1. The van der Waals surface area contributed by atoms with Gasteiger partial charge in [0, 0.05) is 12.1 Å². The second-order valence-corrected chi connectivity index (χ2v) is 5.83. The standard InChI is InChI=1S/C19H16FN3O3/c20-14-4-2-13(3-5-14)18-15(11-22-23-18)19(24)21-10-12-1-6-16-17(9-12)26-8-7-25-16/h1-6,9,11H,7-8,10H2,(H,21,24)(H,22,23). The normalized spacial score (nSPS) is 12.7. The molecule has 3 aromatic rings. The fourth-order valence-electron chi connectivity index (χ4n) is 2.77. The van der Waals surface area contributed by atoms with E-state index < -0.39 is 0 Å². The molecule has 0 unspecified atom stereocenters. The van der Waals surface area contributed by atoms with Crippen LogP contribution in [0.15, 0.2) is 48.7 Å². The van der Waals surface area contributed by atoms with Crippen molar-refractivity contribution in [2.45, 2.75) is 6.54 Å². The lowest BCUT2D eigenvalue weighted by Gasteiger charge is -2.19. The van der Waals surface area contributed by atoms with Crippen LogP contribution in [0.5, 0.6) is 11.5 Å². The quantitative estimate of drug-likeness (QED) is 0.756. The van der Waals surface area contributed by atoms with Gasteiger partial charge in [-0.25, -0.2) is 4.39 Å². The summed E-state index contributed by atoms with van der Waals surface area (Å²) in [6.07, 6.45) is 1.46. The Labute approximate surface area is 149 Å². The number of aromatic amines is 1. The van der Waals surface area contributed by atoms with Crippen molar-refractivity contribution in [3.63, 3.8) is 0 Å². The molecule has 4 rings (SSSR count). The molecule has 2 N–H and O–H groups in total. The van der Waals surface area contributed by atoms with Gasteiger partial charge < -0.3 is 14.8 Å². The third-order valence-corrected chi connectivity index (χ3v) is 4.08. The van der Waals surface area contributed by atoms with Gasteiger partial charge in [-0.05, 0) is 42.0 Å². The molecule has 26 heavy (non-hydrogen) atoms. The van der Waals surface area contributed by atoms with E-state index in [9.17, 15) is 9.18 Å². The van der Waals surface area contributed by atoms with Gasteiger partial charge in [0.2, 0.25) is 0 Å². The van der Waals surface area contributed by atoms with E-state index in [0.717, 1.165) is 5.56 Å². The SMILES string of the molecule is O=C(NCc1ccc2c(c1)OCCO2)c1cn[nH]c1-c1ccc(F)cc1. The zero-order valence-corrected chi connectivity index (χ0v) is 13.8. The molecule has 0 atom stereocenters. The average Bonchev–Trinajstić information content (AvgIpc) is 3.16. The minimum absolute atomic E-state index is 0.270. The molecule has 1 aliphatic heterocycles. The molecule has 132 valence electrons. The Morgan fingerprint density at radius 3 is 2.69 bits per heavy atom. The first-order valence-corrected chi connectivity index (χ1v) is 8.17. The van der Waals surface area contributed by atoms with Crippen molar-refractivity contribution in [3.8, 4) is 22.8 Å². The van der Waals surface area contributed by atoms with E-state index in [0.29, 0.717) is 48.1 Å². The summed E-state index contributed by atoms with van der Waals surface area (Å²) in [5.41, 5.74) is 2.53. The van der Waals surface area contributed by atoms with Gasteiger partial charge in [0.1, 0.15) is 19.0 Å². The van der Waals surface area contributed by atoms with Crippen LogP contribution in [0.25, 0.3) is 11.3 Å². The third kappa shape index (κ3) is 3.23. The van der Waals surface area contributed by atoms with Gasteiger partial charge in [0.25, 0.3) is 5.91 Å². The fourth-order valence-corrected chi connectivity index (χ4v) is 2.77. The second-order valence-electron chi connectivity index (χ2n) is 5.83. The van der Waals surface area contributed by atoms with Crippen molar-refractivity contribution in [2.24, 2.45) is 0 Å². The highest BCUT2D eigenvalue weighted by Crippen LogP contribution is 2.30. The molecule has 7 heteroatoms. The van der Waals surface area contributed by atoms with Gasteiger partial charge in [-0.2, -0.15) is 5.10 Å². The summed E-state index contributed by atoms with van der Waals surface area (Å²) in [6.45, 7) is 1.39. The van der Waals surface area contributed by atoms with Crippen molar-refractivity contribution < 1.29 is 18.7 Å². The van der Waals surface area contributed by atoms with E-state index in [1.54, 1.807) is 12.1 Å². The van der Waals surface area contributed by atoms with E-state index >= 15 is 0 Å². The number of nitrogens with zero attached hydrogens (tertiary/aromatic N) is 1. The topological polar surface area (TPSA) is 76.2 Å². The highest BCUT2D eigenvalue weighted by atomic mass is 19.1. The Hall–Kier alpha value is -3.35. The number of nitrogens with one attached hydrogen (secondary N) is 2. The summed E-state index contributed by atoms with van der Waals surface area (Å²) >= 11 is 0. The zero-order valence-electron chi connectivity index (χ0n) is 13.8. The molecule has 0 saturated heterocycles. The van der Waals surface area contributed by atoms with Crippen LogP contribution in [0.3, 0.4) is 0 Å². The van der Waals surface area contributed by atoms with E-state index in [1.165, 1.54) is 18.3 Å². The number of rotatable bonds is 4. The lowest BCUT2D eigenvalue weighted by atomic mass is 10.1. The maximum Gasteiger partial charge on any atom is 0.255 e. The van der Waals surface area contributed by atoms with Crippen LogP contribution in [-0.2, 0) is 6.54 Å². The third-order valence-electron chi connectivity index (χ3n) is 4.08. The maximum atomic E-state index is 13.1. The number of halogens is 1. The van der Waals surface area contributed by atoms with Crippen LogP contribution < -0.4 is 14.8 Å². The van der Waals surface area contributed by atoms with Gasteiger partial charge in [0.15, 0.2) is 11.5 Å². The average molecular weight is 353 g/mol. The van der Waals surface area contributed by atoms with Gasteiger partial charge in [-0.3, -0.25) is 9.89 Å². The summed E-state index contributed by atoms with van der Waals surface area (Å²) in [7, 11) is 0. The molecule has 0 fully saturated rings. The molecular weight excluding hydrogens is 337 g/mol. The summed E-state index contributed by atoms with van der Waals surface area (Å²) in [5.74, 6) is 0.781. The summed E-state index contributed by atoms with van der Waals surface area (Å²) in [4.78, 5) is 12.5. The van der Waals surface area contributed by atoms with Gasteiger partial charge in [-0.1, -0.05) is 6.07 Å². The number of H-pyrrole nitrogens is 1. The summed E-state index contributed by atoms with van der Waals surface area (Å²) in [5, 5.41) is 9.59. The molecular formula is C19H16FN3O3. The van der Waals surface area contributed by atoms with E-state index in [1.807, 2.05) is 18.2 Å². The van der Waals surface area contributed by atoms with Crippen molar-refractivity contribution >= 4 is 5.91 Å². The predicted molar refractivity (Wildman–Crippen MR) is 92.6 cm³/mol. The number of fused-ring (bicyclic) bond motifs is 1. The van der Waals surface area contributed by atoms with Gasteiger partial charge in [-0.15, -0.1) is 0 Å². The molecule has 0 radical (unpaired) electrons. The molecule has 0 saturated carbocycles. The van der Waals surface area contributed by atoms with Crippen molar-refractivity contribution in [1.29, 1.82) is 0 Å². The molecule has 0 bridgehead atoms. The lowest BCUT2D eigenvalue weighted by Crippen LogP contribution is -2.23. The second kappa shape index (κ2) is 6.87. The highest BCUT2D eigenvalue weighted by molar-refractivity contribution is 5.99. The molecule has 6 nitrogen and oxygen atoms in total. The van der Waals surface area contributed by atoms with Gasteiger partial charge in [0.05, 0.1) is 17.5 Å². The number of aromatic nitrogens is 2. The number of ether oxygens (including phenoxy) is 2. The Kier molecular flexibility index (Phi) is 4.27. The van der Waals surface area contributed by atoms with E-state index in [-0.39, 0.29) is 11.7 Å². The van der Waals surface area contributed by atoms with Crippen LogP contribution >= 0.6 is 0 Å². The number of hydrogen-bond acceptors (Lipinski definition) is 4. The maximum absolute atomic E-state index is 13.1. The van der Waals surface area contributed by atoms with E-state index in [4.69, 9.17) is 9.47 Å². The van der Waals surface area contributed by atoms with Crippen LogP contribution in [0.1, 0.15) is 15.9 Å². The molecule has 1 amide bonds. The van der Waals surface area contributed by atoms with Crippen LogP contribution in [-0.4, -0.2) is 29.3 Å². The first-order chi connectivity index (χ1) is 12.7. The van der Waals surface area contributed by atoms with Crippen molar-refractivity contribution in [3.05, 3.63) is 65.6 Å². The Balaban J connectivity index is 1.48. The minimum atomic E-state index is -0.335. The van der Waals surface area contributed by atoms with Crippen molar-refractivity contribution in [2.75, 3.05) is 13.2 Å². The van der Waals surface area contributed by atoms with E-state index in [2.05, 4.69) is 15.5 Å². The van der Waals surface area contributed by atoms with Crippen LogP contribution in [0.4, 0.5) is 4.39 Å². The zero-order chi connectivity index (χ0) is 17.9. The molecule has 1 aliphatic rings. The fraction of sp³-hybridized carbons (Fsp3) is 0.158. The lowest BCUT2D eigenvalue weighted by molar-refractivity contribution is 0.0951. The first kappa shape index (κ1) is 16.1. The minimum Gasteiger partial charge on any atom is -0.486 e. The summed E-state index contributed by atoms with van der Waals surface area (Å²) in [6, 6.07) is 11.4. The highest BCUT2D eigenvalue weighted by Gasteiger charge is 2.16. The molecule has 0 aliphatic carbocycles. The Morgan fingerprint density at radius 1 is 1.12 bits per heavy atom. The first-order valence-electron chi connectivity index (χ1n) is 8.17.